The van der Waals surface area contributed by atoms with Crippen LogP contribution in [0.1, 0.15) is 57.2 Å². The number of unbranched alkanes of at least 4 members (excludes halogenated alkanes) is 4. The summed E-state index contributed by atoms with van der Waals surface area (Å²) in [5.41, 5.74) is 3.67. The highest BCUT2D eigenvalue weighted by Crippen LogP contribution is 2.16. The first-order valence-corrected chi connectivity index (χ1v) is 5.70. The van der Waals surface area contributed by atoms with E-state index in [1.165, 1.54) is 32.1 Å². The number of nitrogens with two attached hydrogens (primary N) is 1. The van der Waals surface area contributed by atoms with E-state index in [4.69, 9.17) is 5.84 Å². The van der Waals surface area contributed by atoms with Crippen molar-refractivity contribution in [1.29, 1.82) is 0 Å². The molecule has 15 heavy (non-hydrogen) atoms. The van der Waals surface area contributed by atoms with Gasteiger partial charge in [0.1, 0.15) is 5.69 Å². The van der Waals surface area contributed by atoms with E-state index >= 15 is 0 Å². The van der Waals surface area contributed by atoms with Gasteiger partial charge in [0, 0.05) is 0 Å². The molecule has 0 fully saturated rings. The molecular formula is C10H21N5. The molecule has 0 saturated carbocycles. The van der Waals surface area contributed by atoms with Gasteiger partial charge in [-0.3, -0.25) is 11.3 Å². The van der Waals surface area contributed by atoms with E-state index in [9.17, 15) is 0 Å². The molecule has 1 heterocycles. The minimum absolute atomic E-state index is 0.130. The van der Waals surface area contributed by atoms with Crippen LogP contribution in [0.2, 0.25) is 0 Å². The Kier molecular flexibility index (Phi) is 5.96. The average molecular weight is 211 g/mol. The summed E-state index contributed by atoms with van der Waals surface area (Å²) in [4.78, 5) is 0. The molecule has 1 rings (SSSR count). The quantitative estimate of drug-likeness (QED) is 0.347. The number of hydrogen-bond donors (Lipinski definition) is 3. The van der Waals surface area contributed by atoms with E-state index in [1.807, 2.05) is 0 Å². The van der Waals surface area contributed by atoms with Gasteiger partial charge in [0.2, 0.25) is 0 Å². The molecule has 0 bridgehead atoms. The Morgan fingerprint density at radius 2 is 2.20 bits per heavy atom. The number of hydrogen-bond acceptors (Lipinski definition) is 4. The zero-order chi connectivity index (χ0) is 10.9. The molecule has 0 amide bonds. The fraction of sp³-hybridized carbons (Fsp3) is 0.800. The summed E-state index contributed by atoms with van der Waals surface area (Å²) >= 11 is 0. The first-order chi connectivity index (χ1) is 7.38. The second kappa shape index (κ2) is 7.36. The normalized spacial score (nSPS) is 12.9. The summed E-state index contributed by atoms with van der Waals surface area (Å²) in [6, 6.07) is 0.130. The number of aromatic nitrogens is 3. The second-order valence-corrected chi connectivity index (χ2v) is 3.82. The standard InChI is InChI=1S/C10H21N5/c1-2-3-4-5-6-7-9(13-11)10-8-12-15-14-10/h8-9,13H,2-7,11H2,1H3,(H,12,14,15). The van der Waals surface area contributed by atoms with Crippen molar-refractivity contribution in [3.63, 3.8) is 0 Å². The Hall–Kier alpha value is -0.940. The molecule has 0 aliphatic rings. The van der Waals surface area contributed by atoms with Gasteiger partial charge >= 0.3 is 0 Å². The van der Waals surface area contributed by atoms with Crippen molar-refractivity contribution in [1.82, 2.24) is 20.8 Å². The average Bonchev–Trinajstić information content (AvgIpc) is 2.77. The van der Waals surface area contributed by atoms with Crippen LogP contribution in [0.4, 0.5) is 0 Å². The predicted molar refractivity (Wildman–Crippen MR) is 59.8 cm³/mol. The first kappa shape index (κ1) is 12.1. The van der Waals surface area contributed by atoms with Crippen LogP contribution in [-0.2, 0) is 0 Å². The summed E-state index contributed by atoms with van der Waals surface area (Å²) in [5, 5.41) is 10.4. The van der Waals surface area contributed by atoms with Crippen molar-refractivity contribution in [2.24, 2.45) is 5.84 Å². The van der Waals surface area contributed by atoms with Gasteiger partial charge in [-0.05, 0) is 6.42 Å². The van der Waals surface area contributed by atoms with Crippen LogP contribution >= 0.6 is 0 Å². The minimum Gasteiger partial charge on any atom is -0.271 e. The van der Waals surface area contributed by atoms with Gasteiger partial charge in [-0.1, -0.05) is 39.0 Å². The van der Waals surface area contributed by atoms with Gasteiger partial charge in [-0.25, -0.2) is 0 Å². The van der Waals surface area contributed by atoms with E-state index in [0.717, 1.165) is 12.1 Å². The molecular weight excluding hydrogens is 190 g/mol. The van der Waals surface area contributed by atoms with Crippen LogP contribution in [0.15, 0.2) is 6.20 Å². The number of H-pyrrole nitrogens is 1. The molecule has 5 nitrogen and oxygen atoms in total. The lowest BCUT2D eigenvalue weighted by atomic mass is 10.1. The van der Waals surface area contributed by atoms with Gasteiger partial charge in [-0.2, -0.15) is 15.4 Å². The maximum Gasteiger partial charge on any atom is 0.101 e. The Bertz CT molecular complexity index is 234. The summed E-state index contributed by atoms with van der Waals surface area (Å²) < 4.78 is 0. The van der Waals surface area contributed by atoms with Gasteiger partial charge in [0.25, 0.3) is 0 Å². The second-order valence-electron chi connectivity index (χ2n) is 3.82. The van der Waals surface area contributed by atoms with Gasteiger partial charge in [-0.15, -0.1) is 0 Å². The third kappa shape index (κ3) is 4.40. The number of nitrogens with zero attached hydrogens (tertiary/aromatic N) is 2. The fourth-order valence-electron chi connectivity index (χ4n) is 1.65. The lowest BCUT2D eigenvalue weighted by Gasteiger charge is -2.12. The number of rotatable bonds is 8. The number of aromatic amines is 1. The van der Waals surface area contributed by atoms with E-state index in [-0.39, 0.29) is 6.04 Å². The Morgan fingerprint density at radius 3 is 2.80 bits per heavy atom. The molecule has 1 unspecified atom stereocenters. The minimum atomic E-state index is 0.130. The van der Waals surface area contributed by atoms with Crippen molar-refractivity contribution < 1.29 is 0 Å². The highest BCUT2D eigenvalue weighted by atomic mass is 15.3. The highest BCUT2D eigenvalue weighted by molar-refractivity contribution is 4.98. The zero-order valence-corrected chi connectivity index (χ0v) is 9.37. The van der Waals surface area contributed by atoms with Crippen molar-refractivity contribution >= 4 is 0 Å². The van der Waals surface area contributed by atoms with E-state index in [1.54, 1.807) is 6.20 Å². The summed E-state index contributed by atoms with van der Waals surface area (Å²) in [6.45, 7) is 2.22. The van der Waals surface area contributed by atoms with E-state index in [2.05, 4.69) is 27.8 Å². The van der Waals surface area contributed by atoms with E-state index in [0.29, 0.717) is 0 Å². The zero-order valence-electron chi connectivity index (χ0n) is 9.37. The SMILES string of the molecule is CCCCCCCC(NN)c1cn[nH]n1. The maximum absolute atomic E-state index is 5.47. The van der Waals surface area contributed by atoms with Crippen LogP contribution in [0, 0.1) is 0 Å². The monoisotopic (exact) mass is 211 g/mol. The highest BCUT2D eigenvalue weighted by Gasteiger charge is 2.11. The van der Waals surface area contributed by atoms with E-state index < -0.39 is 0 Å². The van der Waals surface area contributed by atoms with Gasteiger partial charge < -0.3 is 0 Å². The molecule has 0 radical (unpaired) electrons. The molecule has 0 spiro atoms. The molecule has 1 aromatic heterocycles. The summed E-state index contributed by atoms with van der Waals surface area (Å²) in [6.07, 6.45) is 9.11. The summed E-state index contributed by atoms with van der Waals surface area (Å²) in [5.74, 6) is 5.47. The van der Waals surface area contributed by atoms with Crippen LogP contribution in [0.5, 0.6) is 0 Å². The fourth-order valence-corrected chi connectivity index (χ4v) is 1.65. The van der Waals surface area contributed by atoms with Crippen LogP contribution in [-0.4, -0.2) is 15.4 Å². The van der Waals surface area contributed by atoms with Gasteiger partial charge in [0.15, 0.2) is 0 Å². The molecule has 0 aliphatic carbocycles. The molecule has 0 aliphatic heterocycles. The number of hydrazine groups is 1. The third-order valence-electron chi connectivity index (χ3n) is 2.59. The lowest BCUT2D eigenvalue weighted by molar-refractivity contribution is 0.469. The third-order valence-corrected chi connectivity index (χ3v) is 2.59. The maximum atomic E-state index is 5.47. The molecule has 1 aromatic rings. The van der Waals surface area contributed by atoms with Crippen LogP contribution < -0.4 is 11.3 Å². The van der Waals surface area contributed by atoms with Crippen molar-refractivity contribution in [2.75, 3.05) is 0 Å². The lowest BCUT2D eigenvalue weighted by Crippen LogP contribution is -2.28. The Morgan fingerprint density at radius 1 is 1.40 bits per heavy atom. The summed E-state index contributed by atoms with van der Waals surface area (Å²) in [7, 11) is 0. The predicted octanol–water partition coefficient (Wildman–Crippen LogP) is 1.67. The van der Waals surface area contributed by atoms with Crippen molar-refractivity contribution in [3.8, 4) is 0 Å². The first-order valence-electron chi connectivity index (χ1n) is 5.70. The molecule has 4 N–H and O–H groups in total. The van der Waals surface area contributed by atoms with Crippen molar-refractivity contribution in [3.05, 3.63) is 11.9 Å². The molecule has 5 heteroatoms. The van der Waals surface area contributed by atoms with Gasteiger partial charge in [0.05, 0.1) is 12.2 Å². The van der Waals surface area contributed by atoms with Crippen molar-refractivity contribution in [2.45, 2.75) is 51.5 Å². The molecule has 86 valence electrons. The van der Waals surface area contributed by atoms with Crippen LogP contribution in [0.3, 0.4) is 0 Å². The molecule has 1 atom stereocenters. The topological polar surface area (TPSA) is 79.6 Å². The Labute approximate surface area is 90.8 Å². The largest absolute Gasteiger partial charge is 0.271 e. The van der Waals surface area contributed by atoms with Crippen LogP contribution in [0.25, 0.3) is 0 Å². The molecule has 0 aromatic carbocycles. The Balaban J connectivity index is 2.18. The molecule has 0 saturated heterocycles. The number of nitrogens with one attached hydrogen (secondary N) is 2. The smallest absolute Gasteiger partial charge is 0.101 e.